The lowest BCUT2D eigenvalue weighted by Crippen LogP contribution is -2.45. The molecular weight excluding hydrogens is 268 g/mol. The summed E-state index contributed by atoms with van der Waals surface area (Å²) in [6.45, 7) is 2.03. The summed E-state index contributed by atoms with van der Waals surface area (Å²) in [6.07, 6.45) is 0.720. The van der Waals surface area contributed by atoms with E-state index < -0.39 is 23.6 Å². The average molecular weight is 288 g/mol. The Labute approximate surface area is 116 Å². The normalized spacial score (nSPS) is 9.50. The van der Waals surface area contributed by atoms with Gasteiger partial charge in [-0.3, -0.25) is 19.2 Å². The summed E-state index contributed by atoms with van der Waals surface area (Å²) in [4.78, 5) is 44.6. The van der Waals surface area contributed by atoms with Crippen molar-refractivity contribution in [3.05, 3.63) is 0 Å². The molecule has 0 fully saturated rings. The maximum atomic E-state index is 11.2. The minimum atomic E-state index is -0.872. The number of aliphatic hydroxyl groups excluding tert-OH is 1. The zero-order chi connectivity index (χ0) is 15.4. The molecular formula is C11H20N4O5. The number of rotatable bonds is 7. The van der Waals surface area contributed by atoms with E-state index in [1.807, 2.05) is 6.92 Å². The van der Waals surface area contributed by atoms with E-state index in [0.29, 0.717) is 6.54 Å². The van der Waals surface area contributed by atoms with E-state index in [1.165, 1.54) is 0 Å². The van der Waals surface area contributed by atoms with Crippen LogP contribution >= 0.6 is 0 Å². The molecule has 0 radical (unpaired) electrons. The van der Waals surface area contributed by atoms with Gasteiger partial charge in [-0.25, -0.2) is 0 Å². The molecule has 0 saturated heterocycles. The molecule has 5 N–H and O–H groups in total. The van der Waals surface area contributed by atoms with Gasteiger partial charge in [-0.15, -0.1) is 0 Å². The number of aliphatic hydroxyl groups is 1. The summed E-state index contributed by atoms with van der Waals surface area (Å²) in [5.74, 6) is -3.27. The van der Waals surface area contributed by atoms with Gasteiger partial charge in [0, 0.05) is 26.2 Å². The molecule has 0 aromatic rings. The Morgan fingerprint density at radius 2 is 1.05 bits per heavy atom. The van der Waals surface area contributed by atoms with Gasteiger partial charge in [0.25, 0.3) is 0 Å². The van der Waals surface area contributed by atoms with Crippen LogP contribution in [0, 0.1) is 0 Å². The van der Waals surface area contributed by atoms with Crippen molar-refractivity contribution < 1.29 is 24.3 Å². The minimum Gasteiger partial charge on any atom is -0.395 e. The van der Waals surface area contributed by atoms with Crippen molar-refractivity contribution in [2.75, 3.05) is 32.8 Å². The third kappa shape index (κ3) is 8.03. The second-order valence-corrected chi connectivity index (χ2v) is 3.75. The monoisotopic (exact) mass is 288 g/mol. The standard InChI is InChI=1S/C11H20N4O5/c1-2-3-12-8(17)9(18)13-4-5-14-10(19)11(20)15-6-7-16/h16H,2-7H2,1H3,(H,12,17)(H,13,18)(H,14,19)(H,15,20). The maximum Gasteiger partial charge on any atom is 0.309 e. The molecule has 9 nitrogen and oxygen atoms in total. The second kappa shape index (κ2) is 10.7. The summed E-state index contributed by atoms with van der Waals surface area (Å²) in [5, 5.41) is 17.6. The van der Waals surface area contributed by atoms with Crippen LogP contribution in [0.1, 0.15) is 13.3 Å². The van der Waals surface area contributed by atoms with E-state index in [1.54, 1.807) is 0 Å². The lowest BCUT2D eigenvalue weighted by Gasteiger charge is -2.07. The molecule has 0 aliphatic heterocycles. The number of carbonyl (C=O) groups excluding carboxylic acids is 4. The SMILES string of the molecule is CCCNC(=O)C(=O)NCCNC(=O)C(=O)NCCO. The van der Waals surface area contributed by atoms with Gasteiger partial charge in [-0.05, 0) is 6.42 Å². The summed E-state index contributed by atoms with van der Waals surface area (Å²) >= 11 is 0. The number of carbonyl (C=O) groups is 4. The zero-order valence-electron chi connectivity index (χ0n) is 11.3. The molecule has 0 aromatic carbocycles. The van der Waals surface area contributed by atoms with Crippen molar-refractivity contribution in [3.63, 3.8) is 0 Å². The lowest BCUT2D eigenvalue weighted by molar-refractivity contribution is -0.139. The van der Waals surface area contributed by atoms with Gasteiger partial charge in [0.2, 0.25) is 0 Å². The fourth-order valence-corrected chi connectivity index (χ4v) is 1.08. The van der Waals surface area contributed by atoms with E-state index in [-0.39, 0.29) is 26.2 Å². The number of nitrogens with one attached hydrogen (secondary N) is 4. The third-order valence-electron chi connectivity index (χ3n) is 2.04. The summed E-state index contributed by atoms with van der Waals surface area (Å²) < 4.78 is 0. The van der Waals surface area contributed by atoms with Crippen LogP contribution in [0.3, 0.4) is 0 Å². The van der Waals surface area contributed by atoms with Crippen LogP contribution in [0.4, 0.5) is 0 Å². The molecule has 0 heterocycles. The second-order valence-electron chi connectivity index (χ2n) is 3.75. The van der Waals surface area contributed by atoms with Gasteiger partial charge in [0.15, 0.2) is 0 Å². The number of amides is 4. The van der Waals surface area contributed by atoms with Gasteiger partial charge in [0.05, 0.1) is 6.61 Å². The first-order valence-electron chi connectivity index (χ1n) is 6.25. The molecule has 0 rings (SSSR count). The molecule has 0 aliphatic carbocycles. The molecule has 0 unspecified atom stereocenters. The van der Waals surface area contributed by atoms with Gasteiger partial charge < -0.3 is 26.4 Å². The van der Waals surface area contributed by atoms with Crippen molar-refractivity contribution in [1.29, 1.82) is 0 Å². The van der Waals surface area contributed by atoms with E-state index in [2.05, 4.69) is 21.3 Å². The average Bonchev–Trinajstić information content (AvgIpc) is 2.45. The van der Waals surface area contributed by atoms with Crippen LogP contribution < -0.4 is 21.3 Å². The van der Waals surface area contributed by atoms with Gasteiger partial charge >= 0.3 is 23.6 Å². The number of hydrogen-bond donors (Lipinski definition) is 5. The first kappa shape index (κ1) is 17.8. The van der Waals surface area contributed by atoms with Crippen molar-refractivity contribution in [3.8, 4) is 0 Å². The molecule has 0 aliphatic rings. The minimum absolute atomic E-state index is 0.0121. The van der Waals surface area contributed by atoms with Crippen LogP contribution in [0.5, 0.6) is 0 Å². The molecule has 0 saturated carbocycles. The Morgan fingerprint density at radius 1 is 0.700 bits per heavy atom. The Bertz CT molecular complexity index is 325. The Kier molecular flexibility index (Phi) is 9.57. The third-order valence-corrected chi connectivity index (χ3v) is 2.04. The highest BCUT2D eigenvalue weighted by molar-refractivity contribution is 6.35. The maximum absolute atomic E-state index is 11.2. The largest absolute Gasteiger partial charge is 0.395 e. The highest BCUT2D eigenvalue weighted by Gasteiger charge is 2.13. The lowest BCUT2D eigenvalue weighted by atomic mass is 10.4. The van der Waals surface area contributed by atoms with Crippen molar-refractivity contribution in [1.82, 2.24) is 21.3 Å². The first-order chi connectivity index (χ1) is 9.52. The van der Waals surface area contributed by atoms with Crippen LogP contribution in [0.15, 0.2) is 0 Å². The van der Waals surface area contributed by atoms with E-state index in [4.69, 9.17) is 5.11 Å². The fourth-order valence-electron chi connectivity index (χ4n) is 1.08. The quantitative estimate of drug-likeness (QED) is 0.249. The molecule has 0 aromatic heterocycles. The van der Waals surface area contributed by atoms with Gasteiger partial charge in [-0.2, -0.15) is 0 Å². The predicted octanol–water partition coefficient (Wildman–Crippen LogP) is -3.15. The molecule has 0 atom stereocenters. The van der Waals surface area contributed by atoms with Crippen molar-refractivity contribution in [2.45, 2.75) is 13.3 Å². The van der Waals surface area contributed by atoms with E-state index >= 15 is 0 Å². The molecule has 0 bridgehead atoms. The highest BCUT2D eigenvalue weighted by atomic mass is 16.3. The van der Waals surface area contributed by atoms with E-state index in [9.17, 15) is 19.2 Å². The van der Waals surface area contributed by atoms with E-state index in [0.717, 1.165) is 6.42 Å². The molecule has 0 spiro atoms. The van der Waals surface area contributed by atoms with Crippen LogP contribution in [0.2, 0.25) is 0 Å². The fraction of sp³-hybridized carbons (Fsp3) is 0.636. The summed E-state index contributed by atoms with van der Waals surface area (Å²) in [6, 6.07) is 0. The van der Waals surface area contributed by atoms with Crippen molar-refractivity contribution >= 4 is 23.6 Å². The molecule has 9 heteroatoms. The zero-order valence-corrected chi connectivity index (χ0v) is 11.3. The van der Waals surface area contributed by atoms with Crippen LogP contribution in [-0.4, -0.2) is 61.5 Å². The Hall–Kier alpha value is -2.16. The number of hydrogen-bond acceptors (Lipinski definition) is 5. The Balaban J connectivity index is 3.74. The van der Waals surface area contributed by atoms with Gasteiger partial charge in [-0.1, -0.05) is 6.92 Å². The highest BCUT2D eigenvalue weighted by Crippen LogP contribution is 1.74. The molecule has 4 amide bonds. The molecule has 20 heavy (non-hydrogen) atoms. The van der Waals surface area contributed by atoms with Crippen molar-refractivity contribution in [2.24, 2.45) is 0 Å². The van der Waals surface area contributed by atoms with Crippen LogP contribution in [0.25, 0.3) is 0 Å². The topological polar surface area (TPSA) is 137 Å². The van der Waals surface area contributed by atoms with Gasteiger partial charge in [0.1, 0.15) is 0 Å². The first-order valence-corrected chi connectivity index (χ1v) is 6.25. The Morgan fingerprint density at radius 3 is 1.40 bits per heavy atom. The van der Waals surface area contributed by atoms with Crippen LogP contribution in [-0.2, 0) is 19.2 Å². The molecule has 114 valence electrons. The smallest absolute Gasteiger partial charge is 0.309 e. The predicted molar refractivity (Wildman–Crippen MR) is 69.4 cm³/mol. The summed E-state index contributed by atoms with van der Waals surface area (Å²) in [5.41, 5.74) is 0. The summed E-state index contributed by atoms with van der Waals surface area (Å²) in [7, 11) is 0.